The van der Waals surface area contributed by atoms with E-state index in [9.17, 15) is 27.2 Å². The maximum atomic E-state index is 14.6. The Hall–Kier alpha value is -2.78. The number of hydroxylamine groups is 2. The number of carbonyl (C=O) groups excluding carboxylic acids is 2. The Morgan fingerprint density at radius 2 is 1.15 bits per heavy atom. The van der Waals surface area contributed by atoms with Crippen LogP contribution in [0.4, 0.5) is 40.3 Å². The molecule has 0 saturated heterocycles. The number of aryl methyl sites for hydroxylation is 2. The van der Waals surface area contributed by atoms with Crippen LogP contribution in [0.15, 0.2) is 69.1 Å². The number of benzene rings is 4. The lowest BCUT2D eigenvalue weighted by molar-refractivity contribution is 0.0302. The molecule has 0 atom stereocenters. The molecular weight excluding hydrogens is 1050 g/mol. The standard InChI is InChI=1S/C19H18BrF2IN2O2.C18H18BrF2IN2O2/c1-10(2)6-7-27-25-19(26)13-9-14(20)16(21)17(22)18(13)24-15-5-4-12(23)8-11(15)3;1-3-4-7-26-24-18(25)12-9-13(19)15(20)16(21)17(12)23-14-6-5-11(22)8-10(14)2/h4-6,8-9,24H,7H2,1-3H3,(H,25,26);5-6,8-9,23H,3-4,7H2,1-2H3,(H,24,25). The lowest BCUT2D eigenvalue weighted by Crippen LogP contribution is -2.25. The number of unbranched alkanes of at least 4 members (excludes halogenated alkanes) is 1. The monoisotopic (exact) mass is 1090 g/mol. The van der Waals surface area contributed by atoms with Crippen molar-refractivity contribution in [2.75, 3.05) is 23.8 Å². The first-order valence-electron chi connectivity index (χ1n) is 15.9. The first kappa shape index (κ1) is 44.6. The fourth-order valence-corrected chi connectivity index (χ4v) is 6.46. The third-order valence-corrected chi connectivity index (χ3v) is 9.71. The van der Waals surface area contributed by atoms with E-state index in [1.54, 1.807) is 18.2 Å². The Kier molecular flexibility index (Phi) is 18.0. The highest BCUT2D eigenvalue weighted by Crippen LogP contribution is 2.34. The summed E-state index contributed by atoms with van der Waals surface area (Å²) in [5, 5.41) is 5.66. The van der Waals surface area contributed by atoms with Gasteiger partial charge in [0.1, 0.15) is 0 Å². The van der Waals surface area contributed by atoms with Gasteiger partial charge in [0.2, 0.25) is 0 Å². The SMILES string of the molecule is CC(C)=CCONC(=O)c1cc(Br)c(F)c(F)c1Nc1ccc(I)cc1C.CCCCONC(=O)c1cc(Br)c(F)c(F)c1Nc1ccc(I)cc1C. The fourth-order valence-electron chi connectivity index (χ4n) is 4.36. The first-order chi connectivity index (χ1) is 25.0. The summed E-state index contributed by atoms with van der Waals surface area (Å²) in [4.78, 5) is 35.0. The number of allylic oxidation sites excluding steroid dienone is 1. The molecule has 0 aliphatic carbocycles. The summed E-state index contributed by atoms with van der Waals surface area (Å²) in [5.74, 6) is -5.80. The molecule has 0 aliphatic heterocycles. The predicted molar refractivity (Wildman–Crippen MR) is 224 cm³/mol. The third kappa shape index (κ3) is 12.9. The van der Waals surface area contributed by atoms with Crippen molar-refractivity contribution in [2.45, 2.75) is 47.5 Å². The van der Waals surface area contributed by atoms with E-state index in [1.807, 2.05) is 58.9 Å². The number of nitrogens with one attached hydrogen (secondary N) is 4. The number of rotatable bonds is 13. The minimum atomic E-state index is -1.16. The highest BCUT2D eigenvalue weighted by molar-refractivity contribution is 14.1. The second kappa shape index (κ2) is 21.3. The molecule has 8 nitrogen and oxygen atoms in total. The smallest absolute Gasteiger partial charge is 0.277 e. The van der Waals surface area contributed by atoms with Crippen LogP contribution in [0.5, 0.6) is 0 Å². The van der Waals surface area contributed by atoms with E-state index in [4.69, 9.17) is 9.68 Å². The molecule has 0 fully saturated rings. The van der Waals surface area contributed by atoms with Gasteiger partial charge in [0.25, 0.3) is 11.8 Å². The quantitative estimate of drug-likeness (QED) is 0.0266. The molecule has 0 radical (unpaired) electrons. The topological polar surface area (TPSA) is 101 Å². The van der Waals surface area contributed by atoms with E-state index in [1.165, 1.54) is 12.1 Å². The van der Waals surface area contributed by atoms with Crippen molar-refractivity contribution in [3.05, 3.63) is 122 Å². The molecule has 0 aliphatic rings. The molecule has 0 spiro atoms. The zero-order valence-corrected chi connectivity index (χ0v) is 36.7. The number of hydrogen-bond donors (Lipinski definition) is 4. The minimum Gasteiger partial charge on any atom is -0.352 e. The molecule has 0 heterocycles. The third-order valence-electron chi connectivity index (χ3n) is 7.21. The van der Waals surface area contributed by atoms with Crippen molar-refractivity contribution in [3.8, 4) is 0 Å². The van der Waals surface area contributed by atoms with E-state index in [2.05, 4.69) is 98.6 Å². The van der Waals surface area contributed by atoms with Gasteiger partial charge in [-0.1, -0.05) is 25.0 Å². The summed E-state index contributed by atoms with van der Waals surface area (Å²) in [6.45, 7) is 9.95. The maximum absolute atomic E-state index is 14.6. The number of carbonyl (C=O) groups is 2. The van der Waals surface area contributed by atoms with E-state index >= 15 is 0 Å². The van der Waals surface area contributed by atoms with E-state index in [-0.39, 0.29) is 38.1 Å². The van der Waals surface area contributed by atoms with Crippen molar-refractivity contribution in [3.63, 3.8) is 0 Å². The highest BCUT2D eigenvalue weighted by Gasteiger charge is 2.24. The van der Waals surface area contributed by atoms with Gasteiger partial charge in [-0.15, -0.1) is 0 Å². The summed E-state index contributed by atoms with van der Waals surface area (Å²) >= 11 is 10.2. The first-order valence-corrected chi connectivity index (χ1v) is 19.7. The number of hydrogen-bond acceptors (Lipinski definition) is 6. The van der Waals surface area contributed by atoms with Gasteiger partial charge >= 0.3 is 0 Å². The number of halogens is 8. The second-order valence-corrected chi connectivity index (χ2v) is 15.8. The molecule has 4 aromatic rings. The van der Waals surface area contributed by atoms with Gasteiger partial charge in [-0.2, -0.15) is 0 Å². The lowest BCUT2D eigenvalue weighted by atomic mass is 10.1. The molecule has 0 aromatic heterocycles. The highest BCUT2D eigenvalue weighted by atomic mass is 127. The van der Waals surface area contributed by atoms with E-state index in [0.717, 1.165) is 36.7 Å². The number of amides is 2. The van der Waals surface area contributed by atoms with Crippen LogP contribution in [0.1, 0.15) is 65.5 Å². The molecule has 4 rings (SSSR count). The molecule has 4 N–H and O–H groups in total. The van der Waals surface area contributed by atoms with Crippen LogP contribution in [0.25, 0.3) is 0 Å². The summed E-state index contributed by atoms with van der Waals surface area (Å²) < 4.78 is 58.9. The van der Waals surface area contributed by atoms with Crippen LogP contribution in [0.3, 0.4) is 0 Å². The van der Waals surface area contributed by atoms with Crippen molar-refractivity contribution >= 4 is 112 Å². The lowest BCUT2D eigenvalue weighted by Gasteiger charge is -2.16. The van der Waals surface area contributed by atoms with Crippen molar-refractivity contribution in [1.29, 1.82) is 0 Å². The van der Waals surface area contributed by atoms with Crippen LogP contribution in [-0.4, -0.2) is 25.0 Å². The van der Waals surface area contributed by atoms with Crippen LogP contribution in [0.2, 0.25) is 0 Å². The molecular formula is C37H36Br2F4I2N4O4. The average molecular weight is 1090 g/mol. The largest absolute Gasteiger partial charge is 0.352 e. The van der Waals surface area contributed by atoms with Gasteiger partial charge < -0.3 is 10.6 Å². The minimum absolute atomic E-state index is 0.0646. The summed E-state index contributed by atoms with van der Waals surface area (Å²) in [7, 11) is 0. The zero-order valence-electron chi connectivity index (χ0n) is 29.2. The Bertz CT molecular complexity index is 2000. The van der Waals surface area contributed by atoms with Gasteiger partial charge in [-0.05, 0) is 171 Å². The van der Waals surface area contributed by atoms with Crippen LogP contribution < -0.4 is 21.6 Å². The van der Waals surface area contributed by atoms with Crippen LogP contribution in [-0.2, 0) is 9.68 Å². The molecule has 0 unspecified atom stereocenters. The molecule has 0 saturated carbocycles. The number of anilines is 4. The van der Waals surface area contributed by atoms with Gasteiger partial charge in [0, 0.05) is 18.5 Å². The van der Waals surface area contributed by atoms with Crippen molar-refractivity contribution in [2.24, 2.45) is 0 Å². The molecule has 53 heavy (non-hydrogen) atoms. The van der Waals surface area contributed by atoms with Gasteiger partial charge in [0.05, 0.1) is 44.7 Å². The fraction of sp³-hybridized carbons (Fsp3) is 0.243. The summed E-state index contributed by atoms with van der Waals surface area (Å²) in [6.07, 6.45) is 3.45. The zero-order chi connectivity index (χ0) is 39.4. The van der Waals surface area contributed by atoms with Crippen molar-refractivity contribution < 1.29 is 36.8 Å². The molecule has 2 amide bonds. The van der Waals surface area contributed by atoms with Crippen LogP contribution >= 0.6 is 77.0 Å². The normalized spacial score (nSPS) is 10.6. The maximum Gasteiger partial charge on any atom is 0.277 e. The molecule has 0 bridgehead atoms. The predicted octanol–water partition coefficient (Wildman–Crippen LogP) is 11.9. The van der Waals surface area contributed by atoms with Crippen molar-refractivity contribution in [1.82, 2.24) is 11.0 Å². The second-order valence-electron chi connectivity index (χ2n) is 11.6. The Labute approximate surface area is 349 Å². The van der Waals surface area contributed by atoms with Gasteiger partial charge in [0.15, 0.2) is 23.3 Å². The van der Waals surface area contributed by atoms with Gasteiger partial charge in [-0.25, -0.2) is 28.5 Å². The molecule has 4 aromatic carbocycles. The Balaban J connectivity index is 0.000000286. The van der Waals surface area contributed by atoms with Gasteiger partial charge in [-0.3, -0.25) is 19.3 Å². The Morgan fingerprint density at radius 3 is 1.55 bits per heavy atom. The molecule has 16 heteroatoms. The van der Waals surface area contributed by atoms with Crippen LogP contribution in [0, 0.1) is 44.3 Å². The summed E-state index contributed by atoms with van der Waals surface area (Å²) in [5.41, 5.74) is 7.69. The summed E-state index contributed by atoms with van der Waals surface area (Å²) in [6, 6.07) is 13.4. The average Bonchev–Trinajstić information content (AvgIpc) is 3.10. The van der Waals surface area contributed by atoms with E-state index < -0.39 is 35.1 Å². The Morgan fingerprint density at radius 1 is 0.717 bits per heavy atom. The van der Waals surface area contributed by atoms with E-state index in [0.29, 0.717) is 18.0 Å². The molecule has 284 valence electrons.